The molecule has 2 rings (SSSR count). The molecule has 104 valence electrons. The number of carbonyl (C=O) groups excluding carboxylic acids is 1. The van der Waals surface area contributed by atoms with Gasteiger partial charge in [-0.1, -0.05) is 51.3 Å². The van der Waals surface area contributed by atoms with E-state index in [1.807, 2.05) is 25.1 Å². The lowest BCUT2D eigenvalue weighted by atomic mass is 10.1. The van der Waals surface area contributed by atoms with Crippen LogP contribution in [-0.2, 0) is 11.2 Å². The van der Waals surface area contributed by atoms with Crippen molar-refractivity contribution in [1.82, 2.24) is 0 Å². The Balaban J connectivity index is 2.04. The van der Waals surface area contributed by atoms with Gasteiger partial charge in [-0.25, -0.2) is 0 Å². The van der Waals surface area contributed by atoms with Crippen molar-refractivity contribution in [3.8, 4) is 0 Å². The summed E-state index contributed by atoms with van der Waals surface area (Å²) in [4.78, 5) is 12.0. The van der Waals surface area contributed by atoms with Crippen molar-refractivity contribution >= 4 is 50.7 Å². The zero-order chi connectivity index (χ0) is 14.7. The Morgan fingerprint density at radius 1 is 1.15 bits per heavy atom. The first-order valence-electron chi connectivity index (χ1n) is 5.95. The van der Waals surface area contributed by atoms with Crippen molar-refractivity contribution in [2.45, 2.75) is 13.3 Å². The maximum Gasteiger partial charge on any atom is 0.228 e. The number of benzene rings is 2. The van der Waals surface area contributed by atoms with E-state index in [1.54, 1.807) is 18.2 Å². The second kappa shape index (κ2) is 6.61. The monoisotopic (exact) mass is 371 g/mol. The van der Waals surface area contributed by atoms with Crippen molar-refractivity contribution in [1.29, 1.82) is 0 Å². The van der Waals surface area contributed by atoms with Gasteiger partial charge in [0.05, 0.1) is 16.5 Å². The molecular weight excluding hydrogens is 361 g/mol. The molecule has 0 heterocycles. The van der Waals surface area contributed by atoms with Gasteiger partial charge in [0, 0.05) is 10.2 Å². The fourth-order valence-electron chi connectivity index (χ4n) is 1.71. The minimum Gasteiger partial charge on any atom is -0.326 e. The Labute approximate surface area is 136 Å². The standard InChI is InChI=1S/C15H12BrCl2NO/c1-9-2-4-11(8-12(9)16)19-15(20)7-10-3-5-13(17)14(18)6-10/h2-6,8H,7H2,1H3,(H,19,20). The highest BCUT2D eigenvalue weighted by Crippen LogP contribution is 2.23. The third-order valence-electron chi connectivity index (χ3n) is 2.80. The van der Waals surface area contributed by atoms with E-state index in [1.165, 1.54) is 0 Å². The molecular formula is C15H12BrCl2NO. The summed E-state index contributed by atoms with van der Waals surface area (Å²) < 4.78 is 0.963. The summed E-state index contributed by atoms with van der Waals surface area (Å²) in [6.45, 7) is 1.99. The number of carbonyl (C=O) groups is 1. The molecule has 0 bridgehead atoms. The van der Waals surface area contributed by atoms with Gasteiger partial charge >= 0.3 is 0 Å². The predicted octanol–water partition coefficient (Wildman–Crippen LogP) is 5.25. The van der Waals surface area contributed by atoms with Crippen LogP contribution in [-0.4, -0.2) is 5.91 Å². The second-order valence-corrected chi connectivity index (χ2v) is 6.11. The van der Waals surface area contributed by atoms with Crippen molar-refractivity contribution in [3.05, 3.63) is 62.0 Å². The van der Waals surface area contributed by atoms with Crippen LogP contribution in [0.5, 0.6) is 0 Å². The molecule has 20 heavy (non-hydrogen) atoms. The summed E-state index contributed by atoms with van der Waals surface area (Å²) in [6, 6.07) is 10.9. The average Bonchev–Trinajstić information content (AvgIpc) is 2.38. The summed E-state index contributed by atoms with van der Waals surface area (Å²) in [6.07, 6.45) is 0.252. The first-order valence-corrected chi connectivity index (χ1v) is 7.50. The van der Waals surface area contributed by atoms with Crippen LogP contribution >= 0.6 is 39.1 Å². The maximum atomic E-state index is 12.0. The molecule has 0 radical (unpaired) electrons. The van der Waals surface area contributed by atoms with Gasteiger partial charge < -0.3 is 5.32 Å². The first-order chi connectivity index (χ1) is 9.45. The van der Waals surface area contributed by atoms with Gasteiger partial charge in [0.2, 0.25) is 5.91 Å². The predicted molar refractivity (Wildman–Crippen MR) is 87.7 cm³/mol. The van der Waals surface area contributed by atoms with Gasteiger partial charge in [-0.05, 0) is 42.3 Å². The molecule has 0 aliphatic heterocycles. The molecule has 0 aromatic heterocycles. The van der Waals surface area contributed by atoms with E-state index >= 15 is 0 Å². The largest absolute Gasteiger partial charge is 0.326 e. The zero-order valence-corrected chi connectivity index (χ0v) is 13.8. The Morgan fingerprint density at radius 2 is 1.90 bits per heavy atom. The van der Waals surface area contributed by atoms with E-state index in [2.05, 4.69) is 21.2 Å². The summed E-state index contributed by atoms with van der Waals surface area (Å²) in [5.41, 5.74) is 2.70. The summed E-state index contributed by atoms with van der Waals surface area (Å²) in [7, 11) is 0. The number of hydrogen-bond acceptors (Lipinski definition) is 1. The second-order valence-electron chi connectivity index (χ2n) is 4.44. The first kappa shape index (κ1) is 15.4. The zero-order valence-electron chi connectivity index (χ0n) is 10.7. The molecule has 2 aromatic carbocycles. The maximum absolute atomic E-state index is 12.0. The fraction of sp³-hybridized carbons (Fsp3) is 0.133. The summed E-state index contributed by atoms with van der Waals surface area (Å²) in [5.74, 6) is -0.0980. The highest BCUT2D eigenvalue weighted by atomic mass is 79.9. The van der Waals surface area contributed by atoms with Gasteiger partial charge in [0.25, 0.3) is 0 Å². The number of nitrogens with one attached hydrogen (secondary N) is 1. The SMILES string of the molecule is Cc1ccc(NC(=O)Cc2ccc(Cl)c(Cl)c2)cc1Br. The smallest absolute Gasteiger partial charge is 0.228 e. The van der Waals surface area contributed by atoms with Gasteiger partial charge in [0.1, 0.15) is 0 Å². The van der Waals surface area contributed by atoms with Crippen LogP contribution in [0.1, 0.15) is 11.1 Å². The molecule has 0 fully saturated rings. The van der Waals surface area contributed by atoms with Crippen molar-refractivity contribution in [2.75, 3.05) is 5.32 Å². The molecule has 1 amide bonds. The minimum atomic E-state index is -0.0980. The lowest BCUT2D eigenvalue weighted by molar-refractivity contribution is -0.115. The molecule has 2 nitrogen and oxygen atoms in total. The van der Waals surface area contributed by atoms with Crippen LogP contribution in [0.3, 0.4) is 0 Å². The molecule has 0 spiro atoms. The Bertz CT molecular complexity index is 603. The van der Waals surface area contributed by atoms with Crippen LogP contribution < -0.4 is 5.32 Å². The van der Waals surface area contributed by atoms with Crippen LogP contribution in [0.2, 0.25) is 10.0 Å². The van der Waals surface area contributed by atoms with Crippen LogP contribution in [0, 0.1) is 6.92 Å². The molecule has 5 heteroatoms. The van der Waals surface area contributed by atoms with E-state index in [0.29, 0.717) is 10.0 Å². The fourth-order valence-corrected chi connectivity index (χ4v) is 2.41. The van der Waals surface area contributed by atoms with Crippen LogP contribution in [0.15, 0.2) is 40.9 Å². The highest BCUT2D eigenvalue weighted by Gasteiger charge is 2.07. The number of rotatable bonds is 3. The molecule has 1 N–H and O–H groups in total. The lowest BCUT2D eigenvalue weighted by Crippen LogP contribution is -2.14. The van der Waals surface area contributed by atoms with Crippen molar-refractivity contribution < 1.29 is 4.79 Å². The van der Waals surface area contributed by atoms with Gasteiger partial charge in [-0.3, -0.25) is 4.79 Å². The average molecular weight is 373 g/mol. The summed E-state index contributed by atoms with van der Waals surface area (Å²) in [5, 5.41) is 3.79. The van der Waals surface area contributed by atoms with Gasteiger partial charge in [0.15, 0.2) is 0 Å². The molecule has 2 aromatic rings. The normalized spacial score (nSPS) is 10.4. The Kier molecular flexibility index (Phi) is 5.08. The topological polar surface area (TPSA) is 29.1 Å². The van der Waals surface area contributed by atoms with Crippen LogP contribution in [0.25, 0.3) is 0 Å². The van der Waals surface area contributed by atoms with E-state index < -0.39 is 0 Å². The van der Waals surface area contributed by atoms with Crippen molar-refractivity contribution in [3.63, 3.8) is 0 Å². The number of amides is 1. The number of halogens is 3. The molecule has 0 aliphatic carbocycles. The number of hydrogen-bond donors (Lipinski definition) is 1. The third-order valence-corrected chi connectivity index (χ3v) is 4.40. The highest BCUT2D eigenvalue weighted by molar-refractivity contribution is 9.10. The number of anilines is 1. The molecule has 0 atom stereocenters. The Morgan fingerprint density at radius 3 is 2.55 bits per heavy atom. The third kappa shape index (κ3) is 3.98. The quantitative estimate of drug-likeness (QED) is 0.783. The van der Waals surface area contributed by atoms with E-state index in [0.717, 1.165) is 21.3 Å². The Hall–Kier alpha value is -1.03. The summed E-state index contributed by atoms with van der Waals surface area (Å²) >= 11 is 15.2. The molecule has 0 saturated heterocycles. The van der Waals surface area contributed by atoms with E-state index in [9.17, 15) is 4.79 Å². The number of aryl methyl sites for hydroxylation is 1. The van der Waals surface area contributed by atoms with E-state index in [4.69, 9.17) is 23.2 Å². The van der Waals surface area contributed by atoms with Gasteiger partial charge in [-0.2, -0.15) is 0 Å². The lowest BCUT2D eigenvalue weighted by Gasteiger charge is -2.07. The van der Waals surface area contributed by atoms with Gasteiger partial charge in [-0.15, -0.1) is 0 Å². The molecule has 0 saturated carbocycles. The minimum absolute atomic E-state index is 0.0980. The van der Waals surface area contributed by atoms with Crippen molar-refractivity contribution in [2.24, 2.45) is 0 Å². The van der Waals surface area contributed by atoms with E-state index in [-0.39, 0.29) is 12.3 Å². The molecule has 0 unspecified atom stereocenters. The molecule has 0 aliphatic rings. The van der Waals surface area contributed by atoms with Crippen LogP contribution in [0.4, 0.5) is 5.69 Å².